The van der Waals surface area contributed by atoms with Crippen molar-refractivity contribution in [2.75, 3.05) is 23.9 Å². The first-order valence-corrected chi connectivity index (χ1v) is 9.47. The Balaban J connectivity index is 1.69. The summed E-state index contributed by atoms with van der Waals surface area (Å²) in [7, 11) is 1.44. The Labute approximate surface area is 177 Å². The van der Waals surface area contributed by atoms with E-state index in [0.717, 1.165) is 10.6 Å². The number of benzene rings is 2. The van der Waals surface area contributed by atoms with Crippen LogP contribution in [0.15, 0.2) is 48.5 Å². The second-order valence-electron chi connectivity index (χ2n) is 6.53. The summed E-state index contributed by atoms with van der Waals surface area (Å²) in [6.45, 7) is 2.13. The SMILES string of the molecule is Cc1ccc(N(CCC(=O)Nc2cccc(-n3[nH]nnc3=S)c2)N(C)C(=O)O)cc1. The van der Waals surface area contributed by atoms with Crippen molar-refractivity contribution in [1.29, 1.82) is 0 Å². The number of carbonyl (C=O) groups is 2. The van der Waals surface area contributed by atoms with Crippen LogP contribution in [0.25, 0.3) is 5.69 Å². The van der Waals surface area contributed by atoms with Gasteiger partial charge in [0.2, 0.25) is 10.7 Å². The minimum atomic E-state index is -1.12. The number of aryl methyl sites for hydroxylation is 1. The number of hydrogen-bond donors (Lipinski definition) is 3. The van der Waals surface area contributed by atoms with Crippen molar-refractivity contribution in [2.45, 2.75) is 13.3 Å². The third kappa shape index (κ3) is 5.00. The molecule has 0 aliphatic rings. The summed E-state index contributed by atoms with van der Waals surface area (Å²) in [6.07, 6.45) is -1.03. The fourth-order valence-corrected chi connectivity index (χ4v) is 2.98. The molecule has 0 saturated heterocycles. The largest absolute Gasteiger partial charge is 0.464 e. The van der Waals surface area contributed by atoms with E-state index in [1.807, 2.05) is 31.2 Å². The molecular formula is C19H21N7O3S. The lowest BCUT2D eigenvalue weighted by Crippen LogP contribution is -2.44. The number of carboxylic acid groups (broad SMARTS) is 1. The van der Waals surface area contributed by atoms with Gasteiger partial charge in [-0.25, -0.2) is 14.5 Å². The summed E-state index contributed by atoms with van der Waals surface area (Å²) in [6, 6.07) is 14.5. The molecule has 1 heterocycles. The topological polar surface area (TPSA) is 119 Å². The zero-order valence-corrected chi connectivity index (χ0v) is 17.3. The molecule has 2 aromatic carbocycles. The van der Waals surface area contributed by atoms with Crippen LogP contribution < -0.4 is 10.3 Å². The average molecular weight is 427 g/mol. The lowest BCUT2D eigenvalue weighted by Gasteiger charge is -2.31. The van der Waals surface area contributed by atoms with Crippen LogP contribution in [-0.4, -0.2) is 55.9 Å². The summed E-state index contributed by atoms with van der Waals surface area (Å²) in [5.41, 5.74) is 2.99. The first-order chi connectivity index (χ1) is 14.3. The Hall–Kier alpha value is -3.73. The molecule has 0 fully saturated rings. The molecule has 0 radical (unpaired) electrons. The molecule has 2 amide bonds. The van der Waals surface area contributed by atoms with Gasteiger partial charge in [0.1, 0.15) is 0 Å². The zero-order chi connectivity index (χ0) is 21.7. The van der Waals surface area contributed by atoms with E-state index in [-0.39, 0.29) is 23.6 Å². The number of anilines is 2. The van der Waals surface area contributed by atoms with Gasteiger partial charge in [-0.15, -0.1) is 0 Å². The van der Waals surface area contributed by atoms with Crippen LogP contribution in [-0.2, 0) is 4.79 Å². The second kappa shape index (κ2) is 9.18. The predicted molar refractivity (Wildman–Crippen MR) is 114 cm³/mol. The van der Waals surface area contributed by atoms with Crippen LogP contribution in [0.5, 0.6) is 0 Å². The molecule has 0 aliphatic heterocycles. The Bertz CT molecular complexity index is 1090. The van der Waals surface area contributed by atoms with Gasteiger partial charge in [0, 0.05) is 25.7 Å². The number of aromatic amines is 1. The van der Waals surface area contributed by atoms with Gasteiger partial charge in [0.25, 0.3) is 0 Å². The fourth-order valence-electron chi connectivity index (χ4n) is 2.79. The molecule has 0 saturated carbocycles. The molecule has 0 spiro atoms. The molecule has 0 atom stereocenters. The maximum Gasteiger partial charge on any atom is 0.426 e. The van der Waals surface area contributed by atoms with Gasteiger partial charge in [-0.3, -0.25) is 9.80 Å². The number of carbonyl (C=O) groups excluding carboxylic acids is 1. The number of H-pyrrole nitrogens is 1. The highest BCUT2D eigenvalue weighted by atomic mass is 32.1. The maximum absolute atomic E-state index is 12.5. The molecular weight excluding hydrogens is 406 g/mol. The van der Waals surface area contributed by atoms with Crippen LogP contribution in [0, 0.1) is 11.7 Å². The van der Waals surface area contributed by atoms with E-state index in [2.05, 4.69) is 20.8 Å². The van der Waals surface area contributed by atoms with Crippen molar-refractivity contribution in [2.24, 2.45) is 0 Å². The van der Waals surface area contributed by atoms with Crippen LogP contribution in [0.4, 0.5) is 16.2 Å². The van der Waals surface area contributed by atoms with Gasteiger partial charge in [0.15, 0.2) is 0 Å². The summed E-state index contributed by atoms with van der Waals surface area (Å²) >= 11 is 5.08. The molecule has 0 aliphatic carbocycles. The van der Waals surface area contributed by atoms with Crippen molar-refractivity contribution >= 4 is 35.6 Å². The highest BCUT2D eigenvalue weighted by molar-refractivity contribution is 7.71. The number of rotatable bonds is 7. The highest BCUT2D eigenvalue weighted by Gasteiger charge is 2.18. The van der Waals surface area contributed by atoms with Gasteiger partial charge < -0.3 is 10.4 Å². The number of hydrogen-bond acceptors (Lipinski definition) is 6. The van der Waals surface area contributed by atoms with E-state index in [9.17, 15) is 14.7 Å². The van der Waals surface area contributed by atoms with Crippen molar-refractivity contribution in [3.8, 4) is 5.69 Å². The Morgan fingerprint density at radius 1 is 1.23 bits per heavy atom. The van der Waals surface area contributed by atoms with E-state index in [0.29, 0.717) is 17.1 Å². The molecule has 3 N–H and O–H groups in total. The summed E-state index contributed by atoms with van der Waals surface area (Å²) in [5, 5.41) is 24.8. The molecule has 30 heavy (non-hydrogen) atoms. The monoisotopic (exact) mass is 427 g/mol. The first-order valence-electron chi connectivity index (χ1n) is 9.06. The third-order valence-corrected chi connectivity index (χ3v) is 4.65. The summed E-state index contributed by atoms with van der Waals surface area (Å²) in [5.74, 6) is -0.255. The van der Waals surface area contributed by atoms with Crippen molar-refractivity contribution in [1.82, 2.24) is 25.2 Å². The van der Waals surface area contributed by atoms with Crippen LogP contribution >= 0.6 is 12.2 Å². The summed E-state index contributed by atoms with van der Waals surface area (Å²) in [4.78, 5) is 23.9. The van der Waals surface area contributed by atoms with Crippen molar-refractivity contribution in [3.05, 3.63) is 58.9 Å². The van der Waals surface area contributed by atoms with E-state index in [1.165, 1.54) is 16.7 Å². The van der Waals surface area contributed by atoms with E-state index in [4.69, 9.17) is 12.2 Å². The third-order valence-electron chi connectivity index (χ3n) is 4.38. The minimum absolute atomic E-state index is 0.0841. The smallest absolute Gasteiger partial charge is 0.426 e. The average Bonchev–Trinajstić information content (AvgIpc) is 3.15. The predicted octanol–water partition coefficient (Wildman–Crippen LogP) is 2.99. The normalized spacial score (nSPS) is 10.5. The standard InChI is InChI=1S/C19H21N7O3S/c1-13-6-8-15(9-7-13)25(24(2)19(28)29)11-10-17(27)20-14-4-3-5-16(12-14)26-18(30)21-22-23-26/h3-9,12H,10-11H2,1-2H3,(H,20,27)(H,28,29)(H,21,23,30). The Morgan fingerprint density at radius 3 is 2.60 bits per heavy atom. The Kier molecular flexibility index (Phi) is 6.42. The molecule has 156 valence electrons. The molecule has 0 unspecified atom stereocenters. The number of amides is 2. The molecule has 10 nitrogen and oxygen atoms in total. The van der Waals surface area contributed by atoms with Crippen molar-refractivity contribution < 1.29 is 14.7 Å². The number of aromatic nitrogens is 4. The minimum Gasteiger partial charge on any atom is -0.464 e. The summed E-state index contributed by atoms with van der Waals surface area (Å²) < 4.78 is 1.77. The Morgan fingerprint density at radius 2 is 1.97 bits per heavy atom. The van der Waals surface area contributed by atoms with Crippen LogP contribution in [0.3, 0.4) is 0 Å². The van der Waals surface area contributed by atoms with Crippen LogP contribution in [0.1, 0.15) is 12.0 Å². The van der Waals surface area contributed by atoms with Crippen molar-refractivity contribution in [3.63, 3.8) is 0 Å². The van der Waals surface area contributed by atoms with Gasteiger partial charge in [-0.05, 0) is 49.5 Å². The van der Waals surface area contributed by atoms with Gasteiger partial charge in [-0.1, -0.05) is 34.1 Å². The highest BCUT2D eigenvalue weighted by Crippen LogP contribution is 2.18. The number of hydrazine groups is 1. The quantitative estimate of drug-likeness (QED) is 0.392. The molecule has 0 bridgehead atoms. The van der Waals surface area contributed by atoms with Gasteiger partial charge in [0.05, 0.1) is 11.4 Å². The number of nitrogens with one attached hydrogen (secondary N) is 2. The lowest BCUT2D eigenvalue weighted by molar-refractivity contribution is -0.116. The molecule has 3 rings (SSSR count). The van der Waals surface area contributed by atoms with Gasteiger partial charge in [-0.2, -0.15) is 5.21 Å². The molecule has 1 aromatic heterocycles. The molecule has 3 aromatic rings. The maximum atomic E-state index is 12.5. The van der Waals surface area contributed by atoms with E-state index >= 15 is 0 Å². The lowest BCUT2D eigenvalue weighted by atomic mass is 10.2. The number of nitrogens with zero attached hydrogens (tertiary/aromatic N) is 5. The van der Waals surface area contributed by atoms with Crippen LogP contribution in [0.2, 0.25) is 0 Å². The first kappa shape index (κ1) is 21.0. The van der Waals surface area contributed by atoms with E-state index in [1.54, 1.807) is 24.3 Å². The van der Waals surface area contributed by atoms with Gasteiger partial charge >= 0.3 is 6.09 Å². The number of tetrazole rings is 1. The van der Waals surface area contributed by atoms with E-state index < -0.39 is 6.09 Å². The molecule has 11 heteroatoms. The zero-order valence-electron chi connectivity index (χ0n) is 16.4. The second-order valence-corrected chi connectivity index (χ2v) is 6.90. The fraction of sp³-hybridized carbons (Fsp3) is 0.211.